The van der Waals surface area contributed by atoms with Crippen molar-refractivity contribution in [2.75, 3.05) is 19.6 Å². The van der Waals surface area contributed by atoms with Gasteiger partial charge in [-0.25, -0.2) is 4.98 Å². The minimum atomic E-state index is 0.289. The molecule has 2 N–H and O–H groups in total. The van der Waals surface area contributed by atoms with E-state index >= 15 is 0 Å². The lowest BCUT2D eigenvalue weighted by Crippen LogP contribution is -2.31. The number of likely N-dealkylation sites (tertiary alicyclic amines) is 1. The minimum Gasteiger partial charge on any atom is -0.330 e. The normalized spacial score (nSPS) is 24.4. The van der Waals surface area contributed by atoms with Crippen molar-refractivity contribution in [2.24, 2.45) is 11.1 Å². The van der Waals surface area contributed by atoms with Crippen LogP contribution in [0.3, 0.4) is 0 Å². The third kappa shape index (κ3) is 2.38. The molecule has 0 aliphatic carbocycles. The second-order valence-electron chi connectivity index (χ2n) is 6.16. The summed E-state index contributed by atoms with van der Waals surface area (Å²) in [5, 5.41) is 0. The first-order valence-electron chi connectivity index (χ1n) is 6.95. The van der Waals surface area contributed by atoms with Crippen LogP contribution in [0.2, 0.25) is 0 Å². The number of imidazole rings is 1. The SMILES string of the molecule is Cc1ccn2c(CN3CCC(C)(CN)C3)cnc2c1. The van der Waals surface area contributed by atoms with Gasteiger partial charge in [0.1, 0.15) is 5.65 Å². The molecule has 1 aliphatic rings. The molecule has 1 atom stereocenters. The van der Waals surface area contributed by atoms with Gasteiger partial charge in [0.2, 0.25) is 0 Å². The maximum atomic E-state index is 5.87. The summed E-state index contributed by atoms with van der Waals surface area (Å²) >= 11 is 0. The summed E-state index contributed by atoms with van der Waals surface area (Å²) in [7, 11) is 0. The van der Waals surface area contributed by atoms with Crippen LogP contribution in [0.1, 0.15) is 24.6 Å². The zero-order chi connectivity index (χ0) is 13.5. The molecule has 102 valence electrons. The number of aromatic nitrogens is 2. The average molecular weight is 258 g/mol. The highest BCUT2D eigenvalue weighted by Crippen LogP contribution is 2.29. The van der Waals surface area contributed by atoms with E-state index < -0.39 is 0 Å². The zero-order valence-electron chi connectivity index (χ0n) is 11.8. The topological polar surface area (TPSA) is 46.6 Å². The van der Waals surface area contributed by atoms with Gasteiger partial charge in [-0.05, 0) is 49.5 Å². The molecule has 1 aliphatic heterocycles. The average Bonchev–Trinajstić information content (AvgIpc) is 2.95. The van der Waals surface area contributed by atoms with Gasteiger partial charge in [-0.3, -0.25) is 4.90 Å². The fourth-order valence-corrected chi connectivity index (χ4v) is 2.91. The van der Waals surface area contributed by atoms with E-state index in [-0.39, 0.29) is 5.41 Å². The molecule has 0 bridgehead atoms. The molecule has 4 nitrogen and oxygen atoms in total. The summed E-state index contributed by atoms with van der Waals surface area (Å²) in [5.41, 5.74) is 9.71. The van der Waals surface area contributed by atoms with Gasteiger partial charge in [0.25, 0.3) is 0 Å². The van der Waals surface area contributed by atoms with E-state index in [2.05, 4.69) is 46.5 Å². The van der Waals surface area contributed by atoms with Crippen molar-refractivity contribution in [3.05, 3.63) is 35.8 Å². The summed E-state index contributed by atoms with van der Waals surface area (Å²) in [5.74, 6) is 0. The number of hydrogen-bond acceptors (Lipinski definition) is 3. The Morgan fingerprint density at radius 3 is 3.05 bits per heavy atom. The van der Waals surface area contributed by atoms with E-state index in [9.17, 15) is 0 Å². The lowest BCUT2D eigenvalue weighted by atomic mass is 9.90. The van der Waals surface area contributed by atoms with Crippen LogP contribution in [0, 0.1) is 12.3 Å². The smallest absolute Gasteiger partial charge is 0.137 e. The van der Waals surface area contributed by atoms with Gasteiger partial charge >= 0.3 is 0 Å². The molecule has 1 unspecified atom stereocenters. The van der Waals surface area contributed by atoms with Gasteiger partial charge in [0.05, 0.1) is 11.9 Å². The monoisotopic (exact) mass is 258 g/mol. The summed E-state index contributed by atoms with van der Waals surface area (Å²) in [6.45, 7) is 8.33. The molecule has 1 fully saturated rings. The molecule has 0 spiro atoms. The Morgan fingerprint density at radius 2 is 2.32 bits per heavy atom. The molecule has 0 saturated carbocycles. The van der Waals surface area contributed by atoms with Crippen molar-refractivity contribution in [1.29, 1.82) is 0 Å². The molecule has 3 rings (SSSR count). The molecule has 3 heterocycles. The molecular weight excluding hydrogens is 236 g/mol. The molecule has 2 aromatic rings. The molecule has 1 saturated heterocycles. The van der Waals surface area contributed by atoms with Crippen molar-refractivity contribution in [3.63, 3.8) is 0 Å². The molecular formula is C15H22N4. The van der Waals surface area contributed by atoms with Crippen LogP contribution in [-0.2, 0) is 6.54 Å². The highest BCUT2D eigenvalue weighted by Gasteiger charge is 2.32. The van der Waals surface area contributed by atoms with Crippen molar-refractivity contribution in [2.45, 2.75) is 26.8 Å². The minimum absolute atomic E-state index is 0.289. The lowest BCUT2D eigenvalue weighted by Gasteiger charge is -2.22. The van der Waals surface area contributed by atoms with Gasteiger partial charge in [-0.1, -0.05) is 6.92 Å². The van der Waals surface area contributed by atoms with Gasteiger partial charge < -0.3 is 10.1 Å². The molecule has 0 aromatic carbocycles. The fraction of sp³-hybridized carbons (Fsp3) is 0.533. The van der Waals surface area contributed by atoms with E-state index in [1.165, 1.54) is 17.7 Å². The predicted octanol–water partition coefficient (Wildman–Crippen LogP) is 1.81. The molecule has 4 heteroatoms. The van der Waals surface area contributed by atoms with Crippen LogP contribution in [0.5, 0.6) is 0 Å². The Labute approximate surface area is 114 Å². The van der Waals surface area contributed by atoms with E-state index in [1.807, 2.05) is 6.20 Å². The number of nitrogens with zero attached hydrogens (tertiary/aromatic N) is 3. The highest BCUT2D eigenvalue weighted by molar-refractivity contribution is 5.42. The first kappa shape index (κ1) is 12.6. The first-order chi connectivity index (χ1) is 9.09. The van der Waals surface area contributed by atoms with Crippen LogP contribution in [-0.4, -0.2) is 33.9 Å². The maximum absolute atomic E-state index is 5.87. The number of pyridine rings is 1. The quantitative estimate of drug-likeness (QED) is 0.913. The summed E-state index contributed by atoms with van der Waals surface area (Å²) in [6.07, 6.45) is 5.30. The first-order valence-corrected chi connectivity index (χ1v) is 6.95. The molecule has 2 aromatic heterocycles. The molecule has 0 radical (unpaired) electrons. The van der Waals surface area contributed by atoms with Crippen molar-refractivity contribution in [3.8, 4) is 0 Å². The Bertz CT molecular complexity index is 589. The standard InChI is InChI=1S/C15H22N4/c1-12-3-5-19-13(8-17-14(19)7-12)9-18-6-4-15(2,10-16)11-18/h3,5,7-8H,4,6,9-11,16H2,1-2H3. The Kier molecular flexibility index (Phi) is 3.07. The van der Waals surface area contributed by atoms with E-state index in [0.29, 0.717) is 0 Å². The molecule has 19 heavy (non-hydrogen) atoms. The van der Waals surface area contributed by atoms with Crippen molar-refractivity contribution < 1.29 is 0 Å². The van der Waals surface area contributed by atoms with Gasteiger partial charge in [0, 0.05) is 19.3 Å². The van der Waals surface area contributed by atoms with Gasteiger partial charge in [-0.2, -0.15) is 0 Å². The lowest BCUT2D eigenvalue weighted by molar-refractivity contribution is 0.271. The summed E-state index contributed by atoms with van der Waals surface area (Å²) in [6, 6.07) is 4.25. The Balaban J connectivity index is 1.79. The van der Waals surface area contributed by atoms with Crippen LogP contribution >= 0.6 is 0 Å². The van der Waals surface area contributed by atoms with E-state index in [4.69, 9.17) is 5.73 Å². The zero-order valence-corrected chi connectivity index (χ0v) is 11.8. The van der Waals surface area contributed by atoms with E-state index in [0.717, 1.165) is 31.8 Å². The Morgan fingerprint density at radius 1 is 1.47 bits per heavy atom. The van der Waals surface area contributed by atoms with Crippen molar-refractivity contribution >= 4 is 5.65 Å². The van der Waals surface area contributed by atoms with Crippen LogP contribution in [0.4, 0.5) is 0 Å². The third-order valence-electron chi connectivity index (χ3n) is 4.26. The fourth-order valence-electron chi connectivity index (χ4n) is 2.91. The van der Waals surface area contributed by atoms with Crippen LogP contribution < -0.4 is 5.73 Å². The predicted molar refractivity (Wildman–Crippen MR) is 77.0 cm³/mol. The number of rotatable bonds is 3. The Hall–Kier alpha value is -1.39. The second-order valence-corrected chi connectivity index (χ2v) is 6.16. The summed E-state index contributed by atoms with van der Waals surface area (Å²) in [4.78, 5) is 6.97. The van der Waals surface area contributed by atoms with Crippen LogP contribution in [0.25, 0.3) is 5.65 Å². The number of aryl methyl sites for hydroxylation is 1. The molecule has 0 amide bonds. The second kappa shape index (κ2) is 4.62. The van der Waals surface area contributed by atoms with E-state index in [1.54, 1.807) is 0 Å². The largest absolute Gasteiger partial charge is 0.330 e. The maximum Gasteiger partial charge on any atom is 0.137 e. The highest BCUT2D eigenvalue weighted by atomic mass is 15.2. The third-order valence-corrected chi connectivity index (χ3v) is 4.26. The summed E-state index contributed by atoms with van der Waals surface area (Å²) < 4.78 is 2.19. The van der Waals surface area contributed by atoms with Gasteiger partial charge in [0.15, 0.2) is 0 Å². The van der Waals surface area contributed by atoms with Gasteiger partial charge in [-0.15, -0.1) is 0 Å². The number of fused-ring (bicyclic) bond motifs is 1. The van der Waals surface area contributed by atoms with Crippen LogP contribution in [0.15, 0.2) is 24.5 Å². The van der Waals surface area contributed by atoms with Crippen molar-refractivity contribution in [1.82, 2.24) is 14.3 Å². The number of nitrogens with two attached hydrogens (primary N) is 1. The number of hydrogen-bond donors (Lipinski definition) is 1.